The molecule has 92 valence electrons. The number of piperazine rings is 1. The molecule has 1 aromatic carbocycles. The number of halogens is 1. The predicted molar refractivity (Wildman–Crippen MR) is 67.8 cm³/mol. The summed E-state index contributed by atoms with van der Waals surface area (Å²) in [6.45, 7) is 2.23. The lowest BCUT2D eigenvalue weighted by molar-refractivity contribution is -0.133. The molecule has 0 aromatic heterocycles. The molecule has 1 aliphatic rings. The van der Waals surface area contributed by atoms with Crippen molar-refractivity contribution >= 4 is 17.5 Å². The van der Waals surface area contributed by atoms with E-state index >= 15 is 0 Å². The third kappa shape index (κ3) is 2.60. The topological polar surface area (TPSA) is 58.4 Å². The van der Waals surface area contributed by atoms with E-state index in [0.717, 1.165) is 18.7 Å². The van der Waals surface area contributed by atoms with E-state index in [1.165, 1.54) is 0 Å². The minimum Gasteiger partial charge on any atom is -0.332 e. The molecule has 0 radical (unpaired) electrons. The quantitative estimate of drug-likeness (QED) is 0.819. The van der Waals surface area contributed by atoms with Crippen molar-refractivity contribution in [2.24, 2.45) is 5.73 Å². The lowest BCUT2D eigenvalue weighted by Gasteiger charge is -2.36. The third-order valence-corrected chi connectivity index (χ3v) is 3.35. The predicted octanol–water partition coefficient (Wildman–Crippen LogP) is 0.772. The summed E-state index contributed by atoms with van der Waals surface area (Å²) in [6, 6.07) is 7.60. The van der Waals surface area contributed by atoms with Crippen LogP contribution < -0.4 is 11.1 Å². The van der Waals surface area contributed by atoms with Crippen molar-refractivity contribution in [3.8, 4) is 0 Å². The van der Waals surface area contributed by atoms with Gasteiger partial charge in [-0.1, -0.05) is 29.8 Å². The van der Waals surface area contributed by atoms with E-state index in [1.54, 1.807) is 4.90 Å². The summed E-state index contributed by atoms with van der Waals surface area (Å²) in [4.78, 5) is 13.6. The largest absolute Gasteiger partial charge is 0.332 e. The van der Waals surface area contributed by atoms with Gasteiger partial charge in [0, 0.05) is 24.7 Å². The van der Waals surface area contributed by atoms with Gasteiger partial charge in [-0.15, -0.1) is 0 Å². The molecule has 1 amide bonds. The Balaban J connectivity index is 2.28. The molecule has 1 atom stereocenters. The summed E-state index contributed by atoms with van der Waals surface area (Å²) in [7, 11) is 0. The first-order valence-electron chi connectivity index (χ1n) is 5.68. The smallest absolute Gasteiger partial charge is 0.236 e. The van der Waals surface area contributed by atoms with E-state index in [-0.39, 0.29) is 18.5 Å². The van der Waals surface area contributed by atoms with Gasteiger partial charge in [-0.2, -0.15) is 0 Å². The summed E-state index contributed by atoms with van der Waals surface area (Å²) in [5, 5.41) is 3.97. The fraction of sp³-hybridized carbons (Fsp3) is 0.417. The van der Waals surface area contributed by atoms with Crippen molar-refractivity contribution < 1.29 is 4.79 Å². The number of nitrogens with two attached hydrogens (primary N) is 1. The van der Waals surface area contributed by atoms with Gasteiger partial charge in [0.25, 0.3) is 0 Å². The lowest BCUT2D eigenvalue weighted by atomic mass is 10.0. The SMILES string of the molecule is NCC(=O)N1CCNCC1c1ccccc1Cl. The Hall–Kier alpha value is -1.10. The van der Waals surface area contributed by atoms with E-state index in [2.05, 4.69) is 5.32 Å². The third-order valence-electron chi connectivity index (χ3n) is 3.00. The minimum absolute atomic E-state index is 0.0199. The van der Waals surface area contributed by atoms with Gasteiger partial charge in [0.1, 0.15) is 0 Å². The van der Waals surface area contributed by atoms with Gasteiger partial charge in [0.05, 0.1) is 12.6 Å². The normalized spacial score (nSPS) is 20.4. The molecule has 1 aromatic rings. The molecule has 1 aliphatic heterocycles. The molecule has 0 bridgehead atoms. The van der Waals surface area contributed by atoms with Crippen LogP contribution in [0.4, 0.5) is 0 Å². The Morgan fingerprint density at radius 2 is 2.29 bits per heavy atom. The van der Waals surface area contributed by atoms with Crippen LogP contribution in [0.15, 0.2) is 24.3 Å². The van der Waals surface area contributed by atoms with Crippen molar-refractivity contribution in [3.05, 3.63) is 34.9 Å². The Kier molecular flexibility index (Phi) is 3.99. The van der Waals surface area contributed by atoms with Crippen molar-refractivity contribution in [2.75, 3.05) is 26.2 Å². The molecule has 0 aliphatic carbocycles. The van der Waals surface area contributed by atoms with Crippen LogP contribution >= 0.6 is 11.6 Å². The van der Waals surface area contributed by atoms with E-state index < -0.39 is 0 Å². The molecule has 1 unspecified atom stereocenters. The average Bonchev–Trinajstić information content (AvgIpc) is 2.38. The van der Waals surface area contributed by atoms with Crippen molar-refractivity contribution in [3.63, 3.8) is 0 Å². The van der Waals surface area contributed by atoms with Crippen LogP contribution in [0.3, 0.4) is 0 Å². The van der Waals surface area contributed by atoms with E-state index in [0.29, 0.717) is 11.6 Å². The summed E-state index contributed by atoms with van der Waals surface area (Å²) >= 11 is 6.17. The van der Waals surface area contributed by atoms with E-state index in [1.807, 2.05) is 24.3 Å². The van der Waals surface area contributed by atoms with Crippen LogP contribution in [0.25, 0.3) is 0 Å². The molecular weight excluding hydrogens is 238 g/mol. The van der Waals surface area contributed by atoms with Gasteiger partial charge >= 0.3 is 0 Å². The molecule has 0 saturated carbocycles. The fourth-order valence-electron chi connectivity index (χ4n) is 2.14. The zero-order valence-electron chi connectivity index (χ0n) is 9.53. The maximum atomic E-state index is 11.8. The van der Waals surface area contributed by atoms with Crippen LogP contribution in [0.2, 0.25) is 5.02 Å². The minimum atomic E-state index is -0.0311. The first-order valence-corrected chi connectivity index (χ1v) is 6.06. The van der Waals surface area contributed by atoms with E-state index in [9.17, 15) is 4.79 Å². The van der Waals surface area contributed by atoms with Gasteiger partial charge in [-0.3, -0.25) is 4.79 Å². The number of rotatable bonds is 2. The molecule has 1 fully saturated rings. The number of nitrogens with one attached hydrogen (secondary N) is 1. The van der Waals surface area contributed by atoms with Gasteiger partial charge < -0.3 is 16.0 Å². The monoisotopic (exact) mass is 253 g/mol. The highest BCUT2D eigenvalue weighted by atomic mass is 35.5. The average molecular weight is 254 g/mol. The summed E-state index contributed by atoms with van der Waals surface area (Å²) in [5.41, 5.74) is 6.41. The van der Waals surface area contributed by atoms with Gasteiger partial charge in [0.15, 0.2) is 0 Å². The Morgan fingerprint density at radius 3 is 3.00 bits per heavy atom. The lowest BCUT2D eigenvalue weighted by Crippen LogP contribution is -2.50. The second-order valence-electron chi connectivity index (χ2n) is 4.03. The summed E-state index contributed by atoms with van der Waals surface area (Å²) in [5.74, 6) is -0.0311. The number of amides is 1. The highest BCUT2D eigenvalue weighted by Crippen LogP contribution is 2.28. The molecule has 1 saturated heterocycles. The first-order chi connectivity index (χ1) is 8.24. The molecule has 0 spiro atoms. The maximum Gasteiger partial charge on any atom is 0.236 e. The molecule has 5 heteroatoms. The Labute approximate surface area is 106 Å². The number of hydrogen-bond donors (Lipinski definition) is 2. The zero-order chi connectivity index (χ0) is 12.3. The number of hydrogen-bond acceptors (Lipinski definition) is 3. The second-order valence-corrected chi connectivity index (χ2v) is 4.44. The highest BCUT2D eigenvalue weighted by Gasteiger charge is 2.28. The van der Waals surface area contributed by atoms with Crippen LogP contribution in [0.5, 0.6) is 0 Å². The maximum absolute atomic E-state index is 11.8. The van der Waals surface area contributed by atoms with E-state index in [4.69, 9.17) is 17.3 Å². The number of carbonyl (C=O) groups is 1. The Morgan fingerprint density at radius 1 is 1.53 bits per heavy atom. The van der Waals surface area contributed by atoms with Gasteiger partial charge in [-0.05, 0) is 11.6 Å². The molecule has 1 heterocycles. The summed E-state index contributed by atoms with van der Waals surface area (Å²) < 4.78 is 0. The van der Waals surface area contributed by atoms with Crippen LogP contribution in [0, 0.1) is 0 Å². The molecule has 4 nitrogen and oxygen atoms in total. The molecule has 17 heavy (non-hydrogen) atoms. The van der Waals surface area contributed by atoms with Crippen LogP contribution in [-0.4, -0.2) is 37.0 Å². The fourth-order valence-corrected chi connectivity index (χ4v) is 2.40. The highest BCUT2D eigenvalue weighted by molar-refractivity contribution is 6.31. The molecular formula is C12H16ClN3O. The first kappa shape index (κ1) is 12.4. The van der Waals surface area contributed by atoms with Crippen molar-refractivity contribution in [1.82, 2.24) is 10.2 Å². The Bertz CT molecular complexity index is 410. The number of nitrogens with zero attached hydrogens (tertiary/aromatic N) is 1. The van der Waals surface area contributed by atoms with Gasteiger partial charge in [0.2, 0.25) is 5.91 Å². The van der Waals surface area contributed by atoms with Crippen molar-refractivity contribution in [2.45, 2.75) is 6.04 Å². The zero-order valence-corrected chi connectivity index (χ0v) is 10.3. The summed E-state index contributed by atoms with van der Waals surface area (Å²) in [6.07, 6.45) is 0. The number of benzene rings is 1. The van der Waals surface area contributed by atoms with Gasteiger partial charge in [-0.25, -0.2) is 0 Å². The van der Waals surface area contributed by atoms with Crippen molar-refractivity contribution in [1.29, 1.82) is 0 Å². The van der Waals surface area contributed by atoms with Crippen LogP contribution in [-0.2, 0) is 4.79 Å². The standard InChI is InChI=1S/C12H16ClN3O/c13-10-4-2-1-3-9(10)11-8-15-5-6-16(11)12(17)7-14/h1-4,11,15H,5-8,14H2. The number of carbonyl (C=O) groups excluding carboxylic acids is 1. The van der Waals surface area contributed by atoms with Crippen LogP contribution in [0.1, 0.15) is 11.6 Å². The molecule has 3 N–H and O–H groups in total. The second kappa shape index (κ2) is 5.49. The molecule has 2 rings (SSSR count).